The average Bonchev–Trinajstić information content (AvgIpc) is 2.18. The number of halogens is 3. The molecule has 0 aliphatic heterocycles. The van der Waals surface area contributed by atoms with Crippen LogP contribution in [0.4, 0.5) is 13.2 Å². The van der Waals surface area contributed by atoms with Crippen molar-refractivity contribution in [1.29, 1.82) is 0 Å². The predicted octanol–water partition coefficient (Wildman–Crippen LogP) is 0.774. The lowest BCUT2D eigenvalue weighted by Crippen LogP contribution is -2.21. The summed E-state index contributed by atoms with van der Waals surface area (Å²) in [5.74, 6) is -1.04. The Kier molecular flexibility index (Phi) is 3.43. The third-order valence-corrected chi connectivity index (χ3v) is 1.65. The molecule has 0 spiro atoms. The third kappa shape index (κ3) is 2.89. The van der Waals surface area contributed by atoms with E-state index in [9.17, 15) is 18.0 Å². The van der Waals surface area contributed by atoms with Crippen molar-refractivity contribution < 1.29 is 27.8 Å². The van der Waals surface area contributed by atoms with Crippen molar-refractivity contribution in [2.45, 2.75) is 13.0 Å². The molecule has 0 aromatic carbocycles. The molecule has 0 aliphatic rings. The van der Waals surface area contributed by atoms with Crippen molar-refractivity contribution >= 4 is 0 Å². The van der Waals surface area contributed by atoms with Gasteiger partial charge in [-0.05, 0) is 0 Å². The molecule has 0 unspecified atom stereocenters. The van der Waals surface area contributed by atoms with Crippen LogP contribution in [0.5, 0.6) is 11.5 Å². The molecule has 0 fully saturated rings. The van der Waals surface area contributed by atoms with Gasteiger partial charge in [0, 0.05) is 6.07 Å². The first kappa shape index (κ1) is 12.4. The summed E-state index contributed by atoms with van der Waals surface area (Å²) in [7, 11) is 1.13. The third-order valence-electron chi connectivity index (χ3n) is 1.65. The molecule has 0 aliphatic carbocycles. The molecule has 0 bridgehead atoms. The summed E-state index contributed by atoms with van der Waals surface area (Å²) in [4.78, 5) is 13.1. The van der Waals surface area contributed by atoms with Gasteiger partial charge in [-0.3, -0.25) is 4.79 Å². The average molecular weight is 239 g/mol. The minimum absolute atomic E-state index is 0.337. The highest BCUT2D eigenvalue weighted by Gasteiger charge is 2.32. The van der Waals surface area contributed by atoms with Gasteiger partial charge in [0.25, 0.3) is 5.56 Å². The fraction of sp³-hybridized carbons (Fsp3) is 0.375. The lowest BCUT2D eigenvalue weighted by Gasteiger charge is -2.12. The van der Waals surface area contributed by atoms with Crippen LogP contribution in [0.3, 0.4) is 0 Å². The van der Waals surface area contributed by atoms with E-state index in [0.29, 0.717) is 0 Å². The summed E-state index contributed by atoms with van der Waals surface area (Å²) in [5, 5.41) is 8.75. The maximum Gasteiger partial charge on any atom is 0.573 e. The zero-order chi connectivity index (χ0) is 12.3. The highest BCUT2D eigenvalue weighted by molar-refractivity contribution is 5.34. The first-order chi connectivity index (χ1) is 7.37. The van der Waals surface area contributed by atoms with Crippen molar-refractivity contribution in [1.82, 2.24) is 4.98 Å². The summed E-state index contributed by atoms with van der Waals surface area (Å²) < 4.78 is 44.0. The van der Waals surface area contributed by atoms with E-state index in [0.717, 1.165) is 13.2 Å². The van der Waals surface area contributed by atoms with E-state index >= 15 is 0 Å². The predicted molar refractivity (Wildman–Crippen MR) is 46.2 cm³/mol. The van der Waals surface area contributed by atoms with Crippen LogP contribution in [-0.2, 0) is 6.61 Å². The van der Waals surface area contributed by atoms with Gasteiger partial charge in [-0.25, -0.2) is 0 Å². The zero-order valence-corrected chi connectivity index (χ0v) is 8.09. The van der Waals surface area contributed by atoms with Gasteiger partial charge in [0.1, 0.15) is 0 Å². The number of H-pyrrole nitrogens is 1. The van der Waals surface area contributed by atoms with Gasteiger partial charge in [-0.15, -0.1) is 13.2 Å². The lowest BCUT2D eigenvalue weighted by atomic mass is 10.3. The fourth-order valence-corrected chi connectivity index (χ4v) is 1.02. The minimum atomic E-state index is -4.91. The number of hydrogen-bond acceptors (Lipinski definition) is 4. The maximum absolute atomic E-state index is 12.0. The Morgan fingerprint density at radius 1 is 1.44 bits per heavy atom. The standard InChI is InChI=1S/C8H8F3NO4/c1-15-6-2-5(16-8(9,10)11)4(3-13)12-7(6)14/h2,13H,3H2,1H3,(H,12,14). The smallest absolute Gasteiger partial charge is 0.491 e. The molecule has 16 heavy (non-hydrogen) atoms. The Morgan fingerprint density at radius 3 is 2.50 bits per heavy atom. The molecular formula is C8H8F3NO4. The molecule has 0 radical (unpaired) electrons. The molecule has 1 heterocycles. The molecule has 2 N–H and O–H groups in total. The van der Waals surface area contributed by atoms with Gasteiger partial charge in [-0.2, -0.15) is 0 Å². The Hall–Kier alpha value is -1.70. The van der Waals surface area contributed by atoms with E-state index in [1.54, 1.807) is 0 Å². The molecule has 0 saturated carbocycles. The van der Waals surface area contributed by atoms with Crippen molar-refractivity contribution in [3.63, 3.8) is 0 Å². The number of aliphatic hydroxyl groups excluding tert-OH is 1. The van der Waals surface area contributed by atoms with E-state index < -0.39 is 24.3 Å². The van der Waals surface area contributed by atoms with E-state index in [2.05, 4.69) is 9.47 Å². The number of ether oxygens (including phenoxy) is 2. The van der Waals surface area contributed by atoms with Crippen molar-refractivity contribution in [3.05, 3.63) is 22.1 Å². The van der Waals surface area contributed by atoms with Crippen LogP contribution >= 0.6 is 0 Å². The number of aromatic amines is 1. The number of alkyl halides is 3. The van der Waals surface area contributed by atoms with Crippen LogP contribution in [0.25, 0.3) is 0 Å². The van der Waals surface area contributed by atoms with E-state index in [1.807, 2.05) is 4.98 Å². The summed E-state index contributed by atoms with van der Waals surface area (Å²) in [6.07, 6.45) is -4.91. The molecule has 0 saturated heterocycles. The SMILES string of the molecule is COc1cc(OC(F)(F)F)c(CO)[nH]c1=O. The molecule has 0 atom stereocenters. The van der Waals surface area contributed by atoms with Gasteiger partial charge in [-0.1, -0.05) is 0 Å². The summed E-state index contributed by atoms with van der Waals surface area (Å²) in [5.41, 5.74) is -1.12. The highest BCUT2D eigenvalue weighted by Crippen LogP contribution is 2.26. The molecule has 5 nitrogen and oxygen atoms in total. The fourth-order valence-electron chi connectivity index (χ4n) is 1.02. The second-order valence-electron chi connectivity index (χ2n) is 2.72. The molecule has 90 valence electrons. The lowest BCUT2D eigenvalue weighted by molar-refractivity contribution is -0.275. The number of hydrogen-bond donors (Lipinski definition) is 2. The van der Waals surface area contributed by atoms with Gasteiger partial charge in [0.05, 0.1) is 19.4 Å². The van der Waals surface area contributed by atoms with Gasteiger partial charge in [0.15, 0.2) is 11.5 Å². The minimum Gasteiger partial charge on any atom is -0.491 e. The molecule has 1 rings (SSSR count). The highest BCUT2D eigenvalue weighted by atomic mass is 19.4. The summed E-state index contributed by atoms with van der Waals surface area (Å²) in [6, 6.07) is 0.762. The molecule has 1 aromatic heterocycles. The van der Waals surface area contributed by atoms with E-state index in [1.165, 1.54) is 0 Å². The largest absolute Gasteiger partial charge is 0.573 e. The molecular weight excluding hydrogens is 231 g/mol. The van der Waals surface area contributed by atoms with Crippen LogP contribution in [0.15, 0.2) is 10.9 Å². The Bertz CT molecular complexity index is 426. The quantitative estimate of drug-likeness (QED) is 0.817. The maximum atomic E-state index is 12.0. The number of aliphatic hydroxyl groups is 1. The number of aromatic nitrogens is 1. The number of methoxy groups -OCH3 is 1. The monoisotopic (exact) mass is 239 g/mol. The Labute approximate surface area is 87.4 Å². The second kappa shape index (κ2) is 4.44. The summed E-state index contributed by atoms with van der Waals surface area (Å²) in [6.45, 7) is -0.787. The first-order valence-corrected chi connectivity index (χ1v) is 4.04. The topological polar surface area (TPSA) is 71.5 Å². The van der Waals surface area contributed by atoms with Crippen molar-refractivity contribution in [2.24, 2.45) is 0 Å². The van der Waals surface area contributed by atoms with Crippen LogP contribution in [0, 0.1) is 0 Å². The van der Waals surface area contributed by atoms with E-state index in [-0.39, 0.29) is 11.4 Å². The zero-order valence-electron chi connectivity index (χ0n) is 8.09. The molecule has 0 amide bonds. The molecule has 1 aromatic rings. The van der Waals surface area contributed by atoms with Crippen LogP contribution in [0.1, 0.15) is 5.69 Å². The Balaban J connectivity index is 3.20. The van der Waals surface area contributed by atoms with Gasteiger partial charge in [0.2, 0.25) is 0 Å². The molecule has 8 heteroatoms. The normalized spacial score (nSPS) is 11.3. The van der Waals surface area contributed by atoms with E-state index in [4.69, 9.17) is 5.11 Å². The van der Waals surface area contributed by atoms with Crippen molar-refractivity contribution in [2.75, 3.05) is 7.11 Å². The van der Waals surface area contributed by atoms with Crippen LogP contribution in [0.2, 0.25) is 0 Å². The first-order valence-electron chi connectivity index (χ1n) is 4.04. The van der Waals surface area contributed by atoms with Crippen LogP contribution in [-0.4, -0.2) is 23.6 Å². The van der Waals surface area contributed by atoms with Gasteiger partial charge >= 0.3 is 6.36 Å². The number of nitrogens with one attached hydrogen (secondary N) is 1. The van der Waals surface area contributed by atoms with Gasteiger partial charge < -0.3 is 19.6 Å². The Morgan fingerprint density at radius 2 is 2.06 bits per heavy atom. The van der Waals surface area contributed by atoms with Crippen molar-refractivity contribution in [3.8, 4) is 11.5 Å². The number of pyridine rings is 1. The second-order valence-corrected chi connectivity index (χ2v) is 2.72. The van der Waals surface area contributed by atoms with Crippen LogP contribution < -0.4 is 15.0 Å². The number of rotatable bonds is 3. The summed E-state index contributed by atoms with van der Waals surface area (Å²) >= 11 is 0.